The first-order valence-corrected chi connectivity index (χ1v) is 8.85. The van der Waals surface area contributed by atoms with E-state index in [-0.39, 0.29) is 5.91 Å². The zero-order valence-corrected chi connectivity index (χ0v) is 14.7. The number of pyridine rings is 2. The van der Waals surface area contributed by atoms with Crippen molar-refractivity contribution in [3.8, 4) is 11.3 Å². The second-order valence-corrected chi connectivity index (χ2v) is 6.22. The van der Waals surface area contributed by atoms with Gasteiger partial charge in [0.25, 0.3) is 5.91 Å². The molecule has 1 N–H and O–H groups in total. The van der Waals surface area contributed by atoms with Crippen LogP contribution in [0.2, 0.25) is 0 Å². The van der Waals surface area contributed by atoms with Gasteiger partial charge in [0.15, 0.2) is 0 Å². The monoisotopic (exact) mass is 357 g/mol. The minimum atomic E-state index is -0.0932. The molecule has 134 valence electrons. The summed E-state index contributed by atoms with van der Waals surface area (Å²) in [6, 6.07) is 13.3. The summed E-state index contributed by atoms with van der Waals surface area (Å²) in [5, 5.41) is 3.86. The zero-order valence-electron chi connectivity index (χ0n) is 14.7. The van der Waals surface area contributed by atoms with E-state index in [2.05, 4.69) is 20.3 Å². The number of carbonyl (C=O) groups is 1. The van der Waals surface area contributed by atoms with E-state index in [1.165, 1.54) is 0 Å². The lowest BCUT2D eigenvalue weighted by Crippen LogP contribution is -2.25. The highest BCUT2D eigenvalue weighted by Crippen LogP contribution is 2.24. The maximum Gasteiger partial charge on any atom is 0.252 e. The van der Waals surface area contributed by atoms with E-state index in [1.807, 2.05) is 53.2 Å². The fourth-order valence-electron chi connectivity index (χ4n) is 3.00. The van der Waals surface area contributed by atoms with Crippen LogP contribution in [0.25, 0.3) is 22.2 Å². The van der Waals surface area contributed by atoms with Gasteiger partial charge in [-0.05, 0) is 30.7 Å². The highest BCUT2D eigenvalue weighted by atomic mass is 16.1. The van der Waals surface area contributed by atoms with Gasteiger partial charge in [-0.25, -0.2) is 9.97 Å². The normalized spacial score (nSPS) is 10.8. The summed E-state index contributed by atoms with van der Waals surface area (Å²) in [4.78, 5) is 25.7. The van der Waals surface area contributed by atoms with Crippen LogP contribution in [-0.4, -0.2) is 32.0 Å². The fraction of sp³-hybridized carbons (Fsp3) is 0.143. The van der Waals surface area contributed by atoms with Gasteiger partial charge in [0.2, 0.25) is 0 Å². The van der Waals surface area contributed by atoms with Crippen molar-refractivity contribution in [1.29, 1.82) is 0 Å². The van der Waals surface area contributed by atoms with Crippen molar-refractivity contribution in [2.75, 3.05) is 6.54 Å². The van der Waals surface area contributed by atoms with Crippen molar-refractivity contribution >= 4 is 16.8 Å². The lowest BCUT2D eigenvalue weighted by Gasteiger charge is -2.11. The van der Waals surface area contributed by atoms with Crippen molar-refractivity contribution in [1.82, 2.24) is 24.8 Å². The summed E-state index contributed by atoms with van der Waals surface area (Å²) >= 11 is 0. The highest BCUT2D eigenvalue weighted by molar-refractivity contribution is 6.07. The third-order valence-electron chi connectivity index (χ3n) is 4.36. The molecule has 1 amide bonds. The smallest absolute Gasteiger partial charge is 0.252 e. The summed E-state index contributed by atoms with van der Waals surface area (Å²) in [5.74, 6) is -0.0932. The number of para-hydroxylation sites is 1. The van der Waals surface area contributed by atoms with Crippen LogP contribution in [-0.2, 0) is 6.54 Å². The van der Waals surface area contributed by atoms with E-state index in [1.54, 1.807) is 24.9 Å². The average Bonchev–Trinajstić information content (AvgIpc) is 3.24. The van der Waals surface area contributed by atoms with E-state index < -0.39 is 0 Å². The standard InChI is InChI=1S/C21H19N5O/c27-21(24-9-4-11-26-12-10-23-15-26)18-13-20(16-5-3-8-22-14-16)25-19-7-2-1-6-17(18)19/h1-3,5-8,10,12-15H,4,9,11H2,(H,24,27). The quantitative estimate of drug-likeness (QED) is 0.537. The van der Waals surface area contributed by atoms with Crippen molar-refractivity contribution in [2.24, 2.45) is 0 Å². The van der Waals surface area contributed by atoms with Gasteiger partial charge in [-0.15, -0.1) is 0 Å². The van der Waals surface area contributed by atoms with Crippen LogP contribution in [0.15, 0.2) is 73.6 Å². The molecule has 0 bridgehead atoms. The Morgan fingerprint density at radius 2 is 2.00 bits per heavy atom. The van der Waals surface area contributed by atoms with Crippen LogP contribution in [0, 0.1) is 0 Å². The molecule has 0 spiro atoms. The summed E-state index contributed by atoms with van der Waals surface area (Å²) in [6.07, 6.45) is 9.75. The molecule has 0 atom stereocenters. The maximum absolute atomic E-state index is 12.8. The number of aryl methyl sites for hydroxylation is 1. The minimum Gasteiger partial charge on any atom is -0.352 e. The Morgan fingerprint density at radius 1 is 1.07 bits per heavy atom. The van der Waals surface area contributed by atoms with Gasteiger partial charge in [-0.3, -0.25) is 9.78 Å². The third-order valence-corrected chi connectivity index (χ3v) is 4.36. The lowest BCUT2D eigenvalue weighted by atomic mass is 10.0. The molecule has 0 aliphatic heterocycles. The number of nitrogens with zero attached hydrogens (tertiary/aromatic N) is 4. The Bertz CT molecular complexity index is 1040. The number of hydrogen-bond donors (Lipinski definition) is 1. The number of amides is 1. The van der Waals surface area contributed by atoms with E-state index in [0.29, 0.717) is 12.1 Å². The number of carbonyl (C=O) groups excluding carboxylic acids is 1. The third kappa shape index (κ3) is 3.84. The molecule has 3 aromatic heterocycles. The molecule has 1 aromatic carbocycles. The number of benzene rings is 1. The average molecular weight is 357 g/mol. The van der Waals surface area contributed by atoms with Gasteiger partial charge in [-0.1, -0.05) is 18.2 Å². The minimum absolute atomic E-state index is 0.0932. The number of hydrogen-bond acceptors (Lipinski definition) is 4. The summed E-state index contributed by atoms with van der Waals surface area (Å²) < 4.78 is 1.99. The predicted octanol–water partition coefficient (Wildman–Crippen LogP) is 3.31. The topological polar surface area (TPSA) is 72.7 Å². The van der Waals surface area contributed by atoms with Crippen LogP contribution >= 0.6 is 0 Å². The SMILES string of the molecule is O=C(NCCCn1ccnc1)c1cc(-c2cccnc2)nc2ccccc12. The first kappa shape index (κ1) is 16.9. The molecular formula is C21H19N5O. The van der Waals surface area contributed by atoms with E-state index in [9.17, 15) is 4.79 Å². The molecule has 3 heterocycles. The number of imidazole rings is 1. The Hall–Kier alpha value is -3.54. The van der Waals surface area contributed by atoms with Crippen molar-refractivity contribution < 1.29 is 4.79 Å². The molecule has 4 rings (SSSR count). The summed E-state index contributed by atoms with van der Waals surface area (Å²) in [7, 11) is 0. The lowest BCUT2D eigenvalue weighted by molar-refractivity contribution is 0.0954. The molecule has 6 heteroatoms. The Balaban J connectivity index is 1.56. The Kier molecular flexibility index (Phi) is 4.87. The molecule has 0 saturated heterocycles. The molecule has 0 fully saturated rings. The molecule has 0 unspecified atom stereocenters. The van der Waals surface area contributed by atoms with Crippen LogP contribution in [0.4, 0.5) is 0 Å². The highest BCUT2D eigenvalue weighted by Gasteiger charge is 2.13. The molecule has 0 saturated carbocycles. The van der Waals surface area contributed by atoms with Crippen LogP contribution in [0.3, 0.4) is 0 Å². The van der Waals surface area contributed by atoms with Gasteiger partial charge in [0.05, 0.1) is 23.1 Å². The van der Waals surface area contributed by atoms with Crippen molar-refractivity contribution in [2.45, 2.75) is 13.0 Å². The summed E-state index contributed by atoms with van der Waals surface area (Å²) in [5.41, 5.74) is 3.05. The molecule has 0 radical (unpaired) electrons. The van der Waals surface area contributed by atoms with Crippen LogP contribution in [0.1, 0.15) is 16.8 Å². The van der Waals surface area contributed by atoms with Gasteiger partial charge in [0, 0.05) is 48.8 Å². The van der Waals surface area contributed by atoms with Gasteiger partial charge >= 0.3 is 0 Å². The number of rotatable bonds is 6. The van der Waals surface area contributed by atoms with E-state index >= 15 is 0 Å². The largest absolute Gasteiger partial charge is 0.352 e. The van der Waals surface area contributed by atoms with Gasteiger partial charge < -0.3 is 9.88 Å². The molecule has 0 aliphatic carbocycles. The zero-order chi connectivity index (χ0) is 18.5. The van der Waals surface area contributed by atoms with Gasteiger partial charge in [-0.2, -0.15) is 0 Å². The second kappa shape index (κ2) is 7.78. The molecule has 4 aromatic rings. The van der Waals surface area contributed by atoms with Crippen LogP contribution < -0.4 is 5.32 Å². The molecule has 27 heavy (non-hydrogen) atoms. The number of aromatic nitrogens is 4. The Labute approximate surface area is 156 Å². The van der Waals surface area contributed by atoms with Crippen molar-refractivity contribution in [3.05, 3.63) is 79.1 Å². The van der Waals surface area contributed by atoms with Crippen LogP contribution in [0.5, 0.6) is 0 Å². The molecule has 6 nitrogen and oxygen atoms in total. The first-order valence-electron chi connectivity index (χ1n) is 8.85. The van der Waals surface area contributed by atoms with Gasteiger partial charge in [0.1, 0.15) is 0 Å². The number of fused-ring (bicyclic) bond motifs is 1. The summed E-state index contributed by atoms with van der Waals surface area (Å²) in [6.45, 7) is 1.41. The Morgan fingerprint density at radius 3 is 2.81 bits per heavy atom. The first-order chi connectivity index (χ1) is 13.3. The van der Waals surface area contributed by atoms with E-state index in [0.717, 1.165) is 35.1 Å². The van der Waals surface area contributed by atoms with E-state index in [4.69, 9.17) is 0 Å². The maximum atomic E-state index is 12.8. The predicted molar refractivity (Wildman–Crippen MR) is 104 cm³/mol. The van der Waals surface area contributed by atoms with Crippen molar-refractivity contribution in [3.63, 3.8) is 0 Å². The molecular weight excluding hydrogens is 338 g/mol. The number of nitrogens with one attached hydrogen (secondary N) is 1. The molecule has 0 aliphatic rings. The second-order valence-electron chi connectivity index (χ2n) is 6.22. The fourth-order valence-corrected chi connectivity index (χ4v) is 3.00.